The molecule has 0 bridgehead atoms. The number of nitrogens with one attached hydrogen (secondary N) is 1. The first kappa shape index (κ1) is 11.0. The van der Waals surface area contributed by atoms with Crippen LogP contribution in [-0.4, -0.2) is 19.2 Å². The van der Waals surface area contributed by atoms with Crippen molar-refractivity contribution < 1.29 is 9.47 Å². The standard InChI is InChI=1S/C12H13NO2S/c1-7-4-8-5-10(14-2)11(15-3)6-9(8)13-12(7)16/h4-6H,1-3H3,(H,13,16). The van der Waals surface area contributed by atoms with Crippen molar-refractivity contribution in [2.45, 2.75) is 6.92 Å². The Bertz CT molecular complexity index is 589. The van der Waals surface area contributed by atoms with Crippen molar-refractivity contribution in [1.29, 1.82) is 0 Å². The maximum absolute atomic E-state index is 5.25. The molecule has 16 heavy (non-hydrogen) atoms. The van der Waals surface area contributed by atoms with Crippen LogP contribution >= 0.6 is 12.2 Å². The maximum Gasteiger partial charge on any atom is 0.162 e. The smallest absolute Gasteiger partial charge is 0.162 e. The number of aromatic nitrogens is 1. The number of benzene rings is 1. The number of aryl methyl sites for hydroxylation is 1. The number of fused-ring (bicyclic) bond motifs is 1. The number of hydrogen-bond donors (Lipinski definition) is 1. The fourth-order valence-corrected chi connectivity index (χ4v) is 1.81. The topological polar surface area (TPSA) is 34.2 Å². The summed E-state index contributed by atoms with van der Waals surface area (Å²) in [5, 5.41) is 1.06. The van der Waals surface area contributed by atoms with E-state index in [0.29, 0.717) is 5.75 Å². The molecule has 0 saturated heterocycles. The Kier molecular flexibility index (Phi) is 2.83. The van der Waals surface area contributed by atoms with Crippen molar-refractivity contribution in [2.24, 2.45) is 0 Å². The number of H-pyrrole nitrogens is 1. The van der Waals surface area contributed by atoms with Crippen LogP contribution < -0.4 is 9.47 Å². The zero-order valence-corrected chi connectivity index (χ0v) is 10.3. The van der Waals surface area contributed by atoms with Crippen molar-refractivity contribution in [3.8, 4) is 11.5 Å². The Hall–Kier alpha value is -1.55. The molecule has 2 aromatic rings. The number of pyridine rings is 1. The van der Waals surface area contributed by atoms with Crippen molar-refractivity contribution in [3.63, 3.8) is 0 Å². The molecule has 0 fully saturated rings. The van der Waals surface area contributed by atoms with E-state index in [9.17, 15) is 0 Å². The minimum Gasteiger partial charge on any atom is -0.493 e. The van der Waals surface area contributed by atoms with Gasteiger partial charge in [0.15, 0.2) is 11.5 Å². The van der Waals surface area contributed by atoms with E-state index in [1.54, 1.807) is 14.2 Å². The van der Waals surface area contributed by atoms with Gasteiger partial charge in [0.25, 0.3) is 0 Å². The average Bonchev–Trinajstić information content (AvgIpc) is 2.29. The first-order valence-electron chi connectivity index (χ1n) is 4.91. The molecule has 1 heterocycles. The SMILES string of the molecule is COc1cc2cc(C)c(=S)[nH]c2cc1OC. The highest BCUT2D eigenvalue weighted by Crippen LogP contribution is 2.31. The van der Waals surface area contributed by atoms with Gasteiger partial charge >= 0.3 is 0 Å². The summed E-state index contributed by atoms with van der Waals surface area (Å²) in [6, 6.07) is 5.87. The normalized spacial score (nSPS) is 10.4. The molecule has 0 aliphatic carbocycles. The molecule has 1 aromatic carbocycles. The van der Waals surface area contributed by atoms with Gasteiger partial charge in [0.1, 0.15) is 4.64 Å². The first-order valence-corrected chi connectivity index (χ1v) is 5.32. The van der Waals surface area contributed by atoms with E-state index in [2.05, 4.69) is 4.98 Å². The van der Waals surface area contributed by atoms with Crippen molar-refractivity contribution in [2.75, 3.05) is 14.2 Å². The second-order valence-electron chi connectivity index (χ2n) is 3.58. The molecule has 0 radical (unpaired) electrons. The third-order valence-corrected chi connectivity index (χ3v) is 2.96. The van der Waals surface area contributed by atoms with Gasteiger partial charge < -0.3 is 14.5 Å². The average molecular weight is 235 g/mol. The highest BCUT2D eigenvalue weighted by atomic mass is 32.1. The Labute approximate surface area is 99.0 Å². The lowest BCUT2D eigenvalue weighted by Gasteiger charge is -2.09. The molecule has 0 unspecified atom stereocenters. The predicted octanol–water partition coefficient (Wildman–Crippen LogP) is 3.22. The Morgan fingerprint density at radius 3 is 2.31 bits per heavy atom. The lowest BCUT2D eigenvalue weighted by molar-refractivity contribution is 0.356. The fourth-order valence-electron chi connectivity index (χ4n) is 1.64. The monoisotopic (exact) mass is 235 g/mol. The lowest BCUT2D eigenvalue weighted by atomic mass is 10.1. The number of ether oxygens (including phenoxy) is 2. The van der Waals surface area contributed by atoms with Gasteiger partial charge in [0.05, 0.1) is 19.7 Å². The molecule has 3 nitrogen and oxygen atoms in total. The molecule has 0 amide bonds. The molecule has 0 aliphatic rings. The zero-order chi connectivity index (χ0) is 11.7. The van der Waals surface area contributed by atoms with E-state index >= 15 is 0 Å². The van der Waals surface area contributed by atoms with Crippen molar-refractivity contribution in [3.05, 3.63) is 28.4 Å². The van der Waals surface area contributed by atoms with Crippen LogP contribution in [-0.2, 0) is 0 Å². The number of hydrogen-bond acceptors (Lipinski definition) is 3. The van der Waals surface area contributed by atoms with Crippen molar-refractivity contribution in [1.82, 2.24) is 4.98 Å². The molecule has 84 valence electrons. The fraction of sp³-hybridized carbons (Fsp3) is 0.250. The summed E-state index contributed by atoms with van der Waals surface area (Å²) in [7, 11) is 3.24. The van der Waals surface area contributed by atoms with Gasteiger partial charge in [-0.15, -0.1) is 0 Å². The summed E-state index contributed by atoms with van der Waals surface area (Å²) in [6.45, 7) is 1.98. The van der Waals surface area contributed by atoms with Gasteiger partial charge in [0.2, 0.25) is 0 Å². The van der Waals surface area contributed by atoms with Crippen molar-refractivity contribution >= 4 is 23.1 Å². The summed E-state index contributed by atoms with van der Waals surface area (Å²) in [6.07, 6.45) is 0. The molecule has 4 heteroatoms. The second kappa shape index (κ2) is 4.14. The number of methoxy groups -OCH3 is 2. The summed E-state index contributed by atoms with van der Waals surface area (Å²) < 4.78 is 11.2. The quantitative estimate of drug-likeness (QED) is 0.811. The largest absolute Gasteiger partial charge is 0.493 e. The Morgan fingerprint density at radius 2 is 1.69 bits per heavy atom. The molecule has 0 spiro atoms. The maximum atomic E-state index is 5.25. The summed E-state index contributed by atoms with van der Waals surface area (Å²) in [5.41, 5.74) is 2.00. The molecule has 0 atom stereocenters. The van der Waals surface area contributed by atoms with Crippen LogP contribution in [0.5, 0.6) is 11.5 Å². The lowest BCUT2D eigenvalue weighted by Crippen LogP contribution is -1.92. The van der Waals surface area contributed by atoms with Crippen LogP contribution in [0.2, 0.25) is 0 Å². The molecule has 0 aliphatic heterocycles. The van der Waals surface area contributed by atoms with E-state index in [1.165, 1.54) is 0 Å². The van der Waals surface area contributed by atoms with E-state index in [-0.39, 0.29) is 0 Å². The first-order chi connectivity index (χ1) is 7.65. The molecular weight excluding hydrogens is 222 g/mol. The van der Waals surface area contributed by atoms with Crippen LogP contribution in [0.1, 0.15) is 5.56 Å². The minimum absolute atomic E-state index is 0.699. The van der Waals surface area contributed by atoms with Gasteiger partial charge in [-0.3, -0.25) is 0 Å². The second-order valence-corrected chi connectivity index (χ2v) is 3.98. The summed E-state index contributed by atoms with van der Waals surface area (Å²) in [5.74, 6) is 1.42. The summed E-state index contributed by atoms with van der Waals surface area (Å²) in [4.78, 5) is 3.16. The third kappa shape index (κ3) is 1.76. The van der Waals surface area contributed by atoms with Crippen LogP contribution in [0.25, 0.3) is 10.9 Å². The van der Waals surface area contributed by atoms with Gasteiger partial charge in [0, 0.05) is 11.5 Å². The molecular formula is C12H13NO2S. The van der Waals surface area contributed by atoms with E-state index in [4.69, 9.17) is 21.7 Å². The third-order valence-electron chi connectivity index (χ3n) is 2.53. The Balaban J connectivity index is 2.78. The minimum atomic E-state index is 0.699. The Morgan fingerprint density at radius 1 is 1.06 bits per heavy atom. The zero-order valence-electron chi connectivity index (χ0n) is 9.46. The predicted molar refractivity (Wildman–Crippen MR) is 67.0 cm³/mol. The molecule has 0 saturated carbocycles. The summed E-state index contributed by atoms with van der Waals surface area (Å²) >= 11 is 5.19. The van der Waals surface area contributed by atoms with Crippen LogP contribution in [0.15, 0.2) is 18.2 Å². The highest BCUT2D eigenvalue weighted by Gasteiger charge is 2.06. The molecule has 2 rings (SSSR count). The van der Waals surface area contributed by atoms with Gasteiger partial charge in [-0.2, -0.15) is 0 Å². The van der Waals surface area contributed by atoms with E-state index in [1.807, 2.05) is 25.1 Å². The van der Waals surface area contributed by atoms with E-state index in [0.717, 1.165) is 26.9 Å². The number of rotatable bonds is 2. The van der Waals surface area contributed by atoms with E-state index < -0.39 is 0 Å². The van der Waals surface area contributed by atoms with Crippen LogP contribution in [0.4, 0.5) is 0 Å². The van der Waals surface area contributed by atoms with Gasteiger partial charge in [-0.1, -0.05) is 12.2 Å². The number of aromatic amines is 1. The van der Waals surface area contributed by atoms with Gasteiger partial charge in [-0.25, -0.2) is 0 Å². The van der Waals surface area contributed by atoms with Crippen LogP contribution in [0, 0.1) is 11.6 Å². The highest BCUT2D eigenvalue weighted by molar-refractivity contribution is 7.71. The van der Waals surface area contributed by atoms with Gasteiger partial charge in [-0.05, 0) is 24.6 Å². The molecule has 1 N–H and O–H groups in total. The molecule has 1 aromatic heterocycles. The van der Waals surface area contributed by atoms with Crippen LogP contribution in [0.3, 0.4) is 0 Å².